The Labute approximate surface area is 108 Å². The molecule has 0 amide bonds. The van der Waals surface area contributed by atoms with Crippen LogP contribution < -0.4 is 5.32 Å². The molecule has 0 bridgehead atoms. The van der Waals surface area contributed by atoms with Crippen LogP contribution in [-0.2, 0) is 0 Å². The van der Waals surface area contributed by atoms with Gasteiger partial charge in [0.1, 0.15) is 0 Å². The lowest BCUT2D eigenvalue weighted by Crippen LogP contribution is -2.10. The third-order valence-electron chi connectivity index (χ3n) is 2.27. The molecule has 0 aliphatic heterocycles. The van der Waals surface area contributed by atoms with Gasteiger partial charge in [0.2, 0.25) is 0 Å². The zero-order chi connectivity index (χ0) is 10.6. The van der Waals surface area contributed by atoms with Crippen molar-refractivity contribution in [1.29, 1.82) is 0 Å². The van der Waals surface area contributed by atoms with Crippen molar-refractivity contribution in [3.05, 3.63) is 26.2 Å². The molecule has 3 heteroatoms. The van der Waals surface area contributed by atoms with E-state index < -0.39 is 0 Å². The van der Waals surface area contributed by atoms with Crippen molar-refractivity contribution in [3.8, 4) is 0 Å². The Morgan fingerprint density at radius 1 is 1.50 bits per heavy atom. The molecule has 0 aliphatic carbocycles. The van der Waals surface area contributed by atoms with E-state index in [1.54, 1.807) is 0 Å². The smallest absolute Gasteiger partial charge is 0.0495 e. The minimum Gasteiger partial charge on any atom is -0.384 e. The van der Waals surface area contributed by atoms with Crippen molar-refractivity contribution in [2.45, 2.75) is 20.3 Å². The Morgan fingerprint density at radius 2 is 2.21 bits per heavy atom. The summed E-state index contributed by atoms with van der Waals surface area (Å²) >= 11 is 5.86. The second-order valence-corrected chi connectivity index (χ2v) is 5.62. The number of rotatable bonds is 4. The summed E-state index contributed by atoms with van der Waals surface area (Å²) in [7, 11) is 0. The Morgan fingerprint density at radius 3 is 2.86 bits per heavy atom. The molecule has 78 valence electrons. The molecule has 0 fully saturated rings. The van der Waals surface area contributed by atoms with E-state index >= 15 is 0 Å². The van der Waals surface area contributed by atoms with E-state index in [0.717, 1.165) is 16.9 Å². The second-order valence-electron chi connectivity index (χ2n) is 3.52. The minimum absolute atomic E-state index is 0.722. The van der Waals surface area contributed by atoms with Gasteiger partial charge in [-0.15, -0.1) is 0 Å². The largest absolute Gasteiger partial charge is 0.384 e. The van der Waals surface area contributed by atoms with Crippen LogP contribution in [0.3, 0.4) is 0 Å². The molecule has 1 aromatic rings. The van der Waals surface area contributed by atoms with Crippen LogP contribution in [0, 0.1) is 9.49 Å². The van der Waals surface area contributed by atoms with Crippen molar-refractivity contribution in [3.63, 3.8) is 0 Å². The molecule has 0 aromatic heterocycles. The highest BCUT2D eigenvalue weighted by Gasteiger charge is 2.02. The van der Waals surface area contributed by atoms with Gasteiger partial charge in [-0.1, -0.05) is 20.3 Å². The van der Waals surface area contributed by atoms with E-state index in [1.807, 2.05) is 0 Å². The van der Waals surface area contributed by atoms with Gasteiger partial charge in [0.25, 0.3) is 0 Å². The number of benzene rings is 1. The van der Waals surface area contributed by atoms with Crippen molar-refractivity contribution < 1.29 is 0 Å². The first kappa shape index (κ1) is 12.3. The maximum Gasteiger partial charge on any atom is 0.0495 e. The summed E-state index contributed by atoms with van der Waals surface area (Å²) in [5, 5.41) is 3.45. The zero-order valence-electron chi connectivity index (χ0n) is 8.48. The fraction of sp³-hybridized carbons (Fsp3) is 0.455. The highest BCUT2D eigenvalue weighted by Crippen LogP contribution is 2.24. The standard InChI is InChI=1S/C11H15BrIN/c1-3-8(2)7-14-11-6-9(13)4-5-10(11)12/h4-6,8,14H,3,7H2,1-2H3. The fourth-order valence-corrected chi connectivity index (χ4v) is 1.94. The molecule has 1 nitrogen and oxygen atoms in total. The van der Waals surface area contributed by atoms with Gasteiger partial charge < -0.3 is 5.32 Å². The maximum absolute atomic E-state index is 3.54. The van der Waals surface area contributed by atoms with Crippen LogP contribution in [0.25, 0.3) is 0 Å². The lowest BCUT2D eigenvalue weighted by Gasteiger charge is -2.12. The van der Waals surface area contributed by atoms with Crippen molar-refractivity contribution in [2.24, 2.45) is 5.92 Å². The van der Waals surface area contributed by atoms with Gasteiger partial charge in [0.15, 0.2) is 0 Å². The summed E-state index contributed by atoms with van der Waals surface area (Å²) in [4.78, 5) is 0. The first-order chi connectivity index (χ1) is 6.63. The molecule has 14 heavy (non-hydrogen) atoms. The highest BCUT2D eigenvalue weighted by molar-refractivity contribution is 14.1. The summed E-state index contributed by atoms with van der Waals surface area (Å²) in [6.07, 6.45) is 1.22. The van der Waals surface area contributed by atoms with Gasteiger partial charge in [0, 0.05) is 20.3 Å². The van der Waals surface area contributed by atoms with Crippen LogP contribution in [-0.4, -0.2) is 6.54 Å². The van der Waals surface area contributed by atoms with Crippen LogP contribution in [0.1, 0.15) is 20.3 Å². The van der Waals surface area contributed by atoms with Crippen LogP contribution in [0.15, 0.2) is 22.7 Å². The van der Waals surface area contributed by atoms with Crippen LogP contribution in [0.4, 0.5) is 5.69 Å². The third kappa shape index (κ3) is 3.77. The number of anilines is 1. The molecule has 0 radical (unpaired) electrons. The molecule has 0 spiro atoms. The van der Waals surface area contributed by atoms with Gasteiger partial charge in [-0.2, -0.15) is 0 Å². The molecule has 1 rings (SSSR count). The predicted molar refractivity (Wildman–Crippen MR) is 74.8 cm³/mol. The number of hydrogen-bond acceptors (Lipinski definition) is 1. The molecule has 1 unspecified atom stereocenters. The molecule has 1 aromatic carbocycles. The monoisotopic (exact) mass is 367 g/mol. The molecule has 0 saturated carbocycles. The number of halogens is 2. The minimum atomic E-state index is 0.722. The fourth-order valence-electron chi connectivity index (χ4n) is 1.06. The van der Waals surface area contributed by atoms with Crippen LogP contribution in [0.5, 0.6) is 0 Å². The lowest BCUT2D eigenvalue weighted by molar-refractivity contribution is 0.593. The quantitative estimate of drug-likeness (QED) is 0.772. The zero-order valence-corrected chi connectivity index (χ0v) is 12.2. The first-order valence-electron chi connectivity index (χ1n) is 4.82. The summed E-state index contributed by atoms with van der Waals surface area (Å²) in [5.41, 5.74) is 1.19. The molecular weight excluding hydrogens is 353 g/mol. The first-order valence-corrected chi connectivity index (χ1v) is 6.69. The van der Waals surface area contributed by atoms with E-state index in [1.165, 1.54) is 15.7 Å². The van der Waals surface area contributed by atoms with Crippen molar-refractivity contribution in [1.82, 2.24) is 0 Å². The average Bonchev–Trinajstić information content (AvgIpc) is 2.19. The van der Waals surface area contributed by atoms with Crippen molar-refractivity contribution in [2.75, 3.05) is 11.9 Å². The number of nitrogens with one attached hydrogen (secondary N) is 1. The highest BCUT2D eigenvalue weighted by atomic mass is 127. The summed E-state index contributed by atoms with van der Waals surface area (Å²) in [6, 6.07) is 6.34. The molecule has 0 aliphatic rings. The van der Waals surface area contributed by atoms with Gasteiger partial charge >= 0.3 is 0 Å². The van der Waals surface area contributed by atoms with E-state index in [-0.39, 0.29) is 0 Å². The Balaban J connectivity index is 2.62. The van der Waals surface area contributed by atoms with Crippen molar-refractivity contribution >= 4 is 44.2 Å². The summed E-state index contributed by atoms with van der Waals surface area (Å²) in [5.74, 6) is 0.722. The Kier molecular flexibility index (Phi) is 5.23. The normalized spacial score (nSPS) is 12.6. The van der Waals surface area contributed by atoms with E-state index in [9.17, 15) is 0 Å². The van der Waals surface area contributed by atoms with Crippen LogP contribution in [0.2, 0.25) is 0 Å². The Bertz CT molecular complexity index is 301. The maximum atomic E-state index is 3.54. The SMILES string of the molecule is CCC(C)CNc1cc(I)ccc1Br. The van der Waals surface area contributed by atoms with Gasteiger partial charge in [-0.3, -0.25) is 0 Å². The van der Waals surface area contributed by atoms with Gasteiger partial charge in [0.05, 0.1) is 0 Å². The molecule has 1 atom stereocenters. The van der Waals surface area contributed by atoms with Crippen LogP contribution >= 0.6 is 38.5 Å². The summed E-state index contributed by atoms with van der Waals surface area (Å²) in [6.45, 7) is 5.51. The molecule has 1 N–H and O–H groups in total. The molecule has 0 saturated heterocycles. The summed E-state index contributed by atoms with van der Waals surface area (Å²) < 4.78 is 2.40. The molecule has 0 heterocycles. The van der Waals surface area contributed by atoms with E-state index in [4.69, 9.17) is 0 Å². The lowest BCUT2D eigenvalue weighted by atomic mass is 10.1. The third-order valence-corrected chi connectivity index (χ3v) is 3.63. The number of hydrogen-bond donors (Lipinski definition) is 1. The predicted octanol–water partition coefficient (Wildman–Crippen LogP) is 4.51. The topological polar surface area (TPSA) is 12.0 Å². The molecular formula is C11H15BrIN. The second kappa shape index (κ2) is 5.95. The van der Waals surface area contributed by atoms with Gasteiger partial charge in [-0.25, -0.2) is 0 Å². The van der Waals surface area contributed by atoms with E-state index in [2.05, 4.69) is 75.9 Å². The van der Waals surface area contributed by atoms with E-state index in [0.29, 0.717) is 0 Å². The van der Waals surface area contributed by atoms with Gasteiger partial charge in [-0.05, 0) is 62.6 Å². The average molecular weight is 368 g/mol. The Hall–Kier alpha value is 0.230.